The summed E-state index contributed by atoms with van der Waals surface area (Å²) in [6, 6.07) is 0. The molecule has 0 aliphatic heterocycles. The van der Waals surface area contributed by atoms with Gasteiger partial charge >= 0.3 is 68.6 Å². The molecule has 0 heterocycles. The molecule has 0 saturated heterocycles. The van der Waals surface area contributed by atoms with Crippen molar-refractivity contribution in [3.63, 3.8) is 0 Å². The Morgan fingerprint density at radius 2 is 1.90 bits per heavy atom. The second kappa shape index (κ2) is 4.91. The van der Waals surface area contributed by atoms with Crippen molar-refractivity contribution in [3.05, 3.63) is 11.1 Å². The van der Waals surface area contributed by atoms with Gasteiger partial charge in [-0.25, -0.2) is 0 Å². The summed E-state index contributed by atoms with van der Waals surface area (Å²) in [4.78, 5) is 0. The molecule has 0 bridgehead atoms. The predicted molar refractivity (Wildman–Crippen MR) is 42.6 cm³/mol. The van der Waals surface area contributed by atoms with Crippen molar-refractivity contribution in [3.8, 4) is 0 Å². The van der Waals surface area contributed by atoms with Crippen molar-refractivity contribution in [2.24, 2.45) is 0 Å². The van der Waals surface area contributed by atoms with Crippen LogP contribution in [0, 0.1) is 0 Å². The third-order valence-corrected chi connectivity index (χ3v) is 2.37. The van der Waals surface area contributed by atoms with E-state index in [0.717, 1.165) is 0 Å². The second-order valence-electron chi connectivity index (χ2n) is 2.50. The molecule has 3 heteroatoms. The van der Waals surface area contributed by atoms with Crippen LogP contribution < -0.4 is 0 Å². The Kier molecular flexibility index (Phi) is 5.00. The molecule has 1 atom stereocenters. The standard InChI is InChI=1S/C7H14O2Se/c1-5(2)6(3)7(4)9-10-8/h7-8H,1-4H3. The van der Waals surface area contributed by atoms with E-state index >= 15 is 0 Å². The maximum atomic E-state index is 8.49. The molecule has 0 rings (SSSR count). The first-order valence-electron chi connectivity index (χ1n) is 3.20. The van der Waals surface area contributed by atoms with Gasteiger partial charge in [-0.3, -0.25) is 0 Å². The van der Waals surface area contributed by atoms with Crippen molar-refractivity contribution >= 4 is 15.6 Å². The van der Waals surface area contributed by atoms with E-state index in [1.54, 1.807) is 0 Å². The van der Waals surface area contributed by atoms with Crippen molar-refractivity contribution < 1.29 is 8.01 Å². The van der Waals surface area contributed by atoms with E-state index in [0.29, 0.717) is 0 Å². The molecule has 0 aliphatic carbocycles. The summed E-state index contributed by atoms with van der Waals surface area (Å²) in [7, 11) is 0. The van der Waals surface area contributed by atoms with Gasteiger partial charge < -0.3 is 0 Å². The molecule has 0 amide bonds. The number of allylic oxidation sites excluding steroid dienone is 1. The summed E-state index contributed by atoms with van der Waals surface area (Å²) in [5.41, 5.74) is 2.47. The molecule has 2 nitrogen and oxygen atoms in total. The van der Waals surface area contributed by atoms with Gasteiger partial charge in [0.2, 0.25) is 0 Å². The SMILES string of the molecule is CC(C)=C(C)C(C)O[Se]O. The van der Waals surface area contributed by atoms with E-state index in [9.17, 15) is 0 Å². The second-order valence-corrected chi connectivity index (χ2v) is 3.21. The van der Waals surface area contributed by atoms with Crippen LogP contribution in [0.2, 0.25) is 0 Å². The summed E-state index contributed by atoms with van der Waals surface area (Å²) in [6.45, 7) is 8.05. The molecule has 0 fully saturated rings. The zero-order valence-corrected chi connectivity index (χ0v) is 8.55. The zero-order chi connectivity index (χ0) is 8.15. The monoisotopic (exact) mass is 210 g/mol. The Labute approximate surface area is 69.1 Å². The van der Waals surface area contributed by atoms with Crippen LogP contribution >= 0.6 is 0 Å². The first kappa shape index (κ1) is 10.2. The van der Waals surface area contributed by atoms with Gasteiger partial charge in [0.1, 0.15) is 0 Å². The van der Waals surface area contributed by atoms with Crippen molar-refractivity contribution in [2.75, 3.05) is 0 Å². The van der Waals surface area contributed by atoms with Crippen LogP contribution in [0.4, 0.5) is 0 Å². The van der Waals surface area contributed by atoms with Crippen LogP contribution in [0.1, 0.15) is 27.7 Å². The fourth-order valence-electron chi connectivity index (χ4n) is 0.543. The van der Waals surface area contributed by atoms with Gasteiger partial charge in [0, 0.05) is 0 Å². The minimum atomic E-state index is -0.671. The Bertz CT molecular complexity index is 128. The molecule has 0 saturated carbocycles. The molecular formula is C7H14O2Se. The topological polar surface area (TPSA) is 29.5 Å². The summed E-state index contributed by atoms with van der Waals surface area (Å²) in [5.74, 6) is 0. The summed E-state index contributed by atoms with van der Waals surface area (Å²) < 4.78 is 13.5. The van der Waals surface area contributed by atoms with Gasteiger partial charge in [-0.15, -0.1) is 0 Å². The third kappa shape index (κ3) is 3.37. The number of hydrogen-bond acceptors (Lipinski definition) is 2. The fraction of sp³-hybridized carbons (Fsp3) is 0.714. The molecule has 0 aromatic carbocycles. The number of rotatable bonds is 3. The molecular weight excluding hydrogens is 195 g/mol. The van der Waals surface area contributed by atoms with Crippen LogP contribution in [0.25, 0.3) is 0 Å². The minimum absolute atomic E-state index is 0.0648. The average molecular weight is 209 g/mol. The van der Waals surface area contributed by atoms with Crippen molar-refractivity contribution in [2.45, 2.75) is 33.8 Å². The van der Waals surface area contributed by atoms with Crippen LogP contribution in [0.3, 0.4) is 0 Å². The molecule has 10 heavy (non-hydrogen) atoms. The Hall–Kier alpha value is 0.179. The summed E-state index contributed by atoms with van der Waals surface area (Å²) in [5, 5.41) is 0. The predicted octanol–water partition coefficient (Wildman–Crippen LogP) is 1.27. The van der Waals surface area contributed by atoms with Gasteiger partial charge in [-0.1, -0.05) is 0 Å². The Balaban J connectivity index is 3.94. The quantitative estimate of drug-likeness (QED) is 0.560. The molecule has 0 radical (unpaired) electrons. The first-order chi connectivity index (χ1) is 4.59. The van der Waals surface area contributed by atoms with E-state index in [4.69, 9.17) is 8.01 Å². The van der Waals surface area contributed by atoms with Crippen LogP contribution in [0.5, 0.6) is 0 Å². The van der Waals surface area contributed by atoms with Gasteiger partial charge in [0.15, 0.2) is 0 Å². The fourth-order valence-corrected chi connectivity index (χ4v) is 1.12. The molecule has 0 aliphatic rings. The van der Waals surface area contributed by atoms with Crippen molar-refractivity contribution in [1.82, 2.24) is 0 Å². The van der Waals surface area contributed by atoms with Crippen LogP contribution in [-0.2, 0) is 3.82 Å². The van der Waals surface area contributed by atoms with Crippen molar-refractivity contribution in [1.29, 1.82) is 0 Å². The average Bonchev–Trinajstić information content (AvgIpc) is 1.87. The van der Waals surface area contributed by atoms with E-state index < -0.39 is 15.6 Å². The van der Waals surface area contributed by atoms with Crippen LogP contribution in [-0.4, -0.2) is 25.9 Å². The molecule has 1 N–H and O–H groups in total. The van der Waals surface area contributed by atoms with E-state index in [1.165, 1.54) is 11.1 Å². The summed E-state index contributed by atoms with van der Waals surface area (Å²) in [6.07, 6.45) is 0.0648. The molecule has 0 aromatic heterocycles. The number of hydrogen-bond donors (Lipinski definition) is 1. The van der Waals surface area contributed by atoms with Gasteiger partial charge in [0.25, 0.3) is 0 Å². The zero-order valence-electron chi connectivity index (χ0n) is 6.84. The molecule has 0 spiro atoms. The third-order valence-electron chi connectivity index (χ3n) is 1.59. The van der Waals surface area contributed by atoms with Gasteiger partial charge in [0.05, 0.1) is 0 Å². The molecule has 1 unspecified atom stereocenters. The normalized spacial score (nSPS) is 12.9. The van der Waals surface area contributed by atoms with E-state index in [-0.39, 0.29) is 6.10 Å². The van der Waals surface area contributed by atoms with Crippen LogP contribution in [0.15, 0.2) is 11.1 Å². The maximum absolute atomic E-state index is 8.49. The Morgan fingerprint density at radius 1 is 1.40 bits per heavy atom. The van der Waals surface area contributed by atoms with Gasteiger partial charge in [-0.05, 0) is 0 Å². The van der Waals surface area contributed by atoms with E-state index in [1.807, 2.05) is 27.7 Å². The Morgan fingerprint density at radius 3 is 2.20 bits per heavy atom. The van der Waals surface area contributed by atoms with Gasteiger partial charge in [-0.2, -0.15) is 0 Å². The van der Waals surface area contributed by atoms with E-state index in [2.05, 4.69) is 0 Å². The summed E-state index contributed by atoms with van der Waals surface area (Å²) >= 11 is -0.671. The molecule has 0 aromatic rings. The molecule has 60 valence electrons. The first-order valence-corrected chi connectivity index (χ1v) is 4.67.